The molecule has 0 unspecified atom stereocenters. The maximum Gasteiger partial charge on any atom is 0.223 e. The first-order valence-corrected chi connectivity index (χ1v) is 6.19. The molecule has 1 aromatic carbocycles. The third kappa shape index (κ3) is 4.37. The average Bonchev–Trinajstić information content (AvgIpc) is 2.42. The van der Waals surface area contributed by atoms with Gasteiger partial charge in [0, 0.05) is 26.6 Å². The van der Waals surface area contributed by atoms with E-state index in [0.29, 0.717) is 13.0 Å². The molecule has 0 saturated heterocycles. The summed E-state index contributed by atoms with van der Waals surface area (Å²) in [4.78, 5) is 13.5. The van der Waals surface area contributed by atoms with Gasteiger partial charge >= 0.3 is 0 Å². The first-order chi connectivity index (χ1) is 8.69. The molecule has 4 heteroatoms. The normalized spacial score (nSPS) is 10.2. The number of nitrogens with zero attached hydrogens (tertiary/aromatic N) is 1. The summed E-state index contributed by atoms with van der Waals surface area (Å²) in [6.07, 6.45) is 1.35. The zero-order valence-electron chi connectivity index (χ0n) is 11.4. The van der Waals surface area contributed by atoms with Crippen molar-refractivity contribution in [2.45, 2.75) is 12.8 Å². The van der Waals surface area contributed by atoms with E-state index in [4.69, 9.17) is 4.74 Å². The molecule has 1 aromatic rings. The highest BCUT2D eigenvalue weighted by Gasteiger charge is 2.09. The molecule has 0 aliphatic rings. The molecule has 0 aliphatic heterocycles. The van der Waals surface area contributed by atoms with Crippen molar-refractivity contribution in [3.05, 3.63) is 29.8 Å². The van der Waals surface area contributed by atoms with E-state index >= 15 is 0 Å². The van der Waals surface area contributed by atoms with Gasteiger partial charge in [0.15, 0.2) is 0 Å². The smallest absolute Gasteiger partial charge is 0.223 e. The summed E-state index contributed by atoms with van der Waals surface area (Å²) < 4.78 is 5.29. The second kappa shape index (κ2) is 7.71. The van der Waals surface area contributed by atoms with Crippen molar-refractivity contribution >= 4 is 5.91 Å². The number of para-hydroxylation sites is 1. The summed E-state index contributed by atoms with van der Waals surface area (Å²) in [5.41, 5.74) is 1.13. The summed E-state index contributed by atoms with van der Waals surface area (Å²) >= 11 is 0. The molecule has 1 N–H and O–H groups in total. The molecule has 0 heterocycles. The molecule has 0 atom stereocenters. The third-order valence-corrected chi connectivity index (χ3v) is 2.92. The second-order valence-electron chi connectivity index (χ2n) is 4.23. The highest BCUT2D eigenvalue weighted by Crippen LogP contribution is 2.17. The van der Waals surface area contributed by atoms with Gasteiger partial charge in [-0.25, -0.2) is 0 Å². The van der Waals surface area contributed by atoms with E-state index in [9.17, 15) is 4.79 Å². The first-order valence-electron chi connectivity index (χ1n) is 6.19. The van der Waals surface area contributed by atoms with Crippen LogP contribution in [0.4, 0.5) is 0 Å². The molecular weight excluding hydrogens is 228 g/mol. The lowest BCUT2D eigenvalue weighted by atomic mass is 10.1. The average molecular weight is 250 g/mol. The van der Waals surface area contributed by atoms with Crippen molar-refractivity contribution in [2.75, 3.05) is 34.3 Å². The van der Waals surface area contributed by atoms with Crippen LogP contribution in [0.2, 0.25) is 0 Å². The molecule has 100 valence electrons. The molecule has 1 rings (SSSR count). The lowest BCUT2D eigenvalue weighted by Crippen LogP contribution is -2.30. The summed E-state index contributed by atoms with van der Waals surface area (Å²) in [7, 11) is 5.36. The lowest BCUT2D eigenvalue weighted by molar-refractivity contribution is -0.129. The van der Waals surface area contributed by atoms with E-state index in [2.05, 4.69) is 5.32 Å². The summed E-state index contributed by atoms with van der Waals surface area (Å²) in [6.45, 7) is 1.43. The van der Waals surface area contributed by atoms with Gasteiger partial charge in [-0.2, -0.15) is 0 Å². The summed E-state index contributed by atoms with van der Waals surface area (Å²) in [5.74, 6) is 1.05. The van der Waals surface area contributed by atoms with E-state index in [-0.39, 0.29) is 5.91 Å². The molecule has 0 bridgehead atoms. The van der Waals surface area contributed by atoms with Crippen molar-refractivity contribution in [1.29, 1.82) is 0 Å². The van der Waals surface area contributed by atoms with Gasteiger partial charge in [-0.3, -0.25) is 4.79 Å². The Morgan fingerprint density at radius 3 is 2.78 bits per heavy atom. The molecule has 0 aromatic heterocycles. The zero-order chi connectivity index (χ0) is 13.4. The van der Waals surface area contributed by atoms with Gasteiger partial charge in [-0.1, -0.05) is 18.2 Å². The van der Waals surface area contributed by atoms with Gasteiger partial charge in [0.1, 0.15) is 5.75 Å². The van der Waals surface area contributed by atoms with E-state index in [0.717, 1.165) is 24.3 Å². The van der Waals surface area contributed by atoms with Crippen LogP contribution in [0.3, 0.4) is 0 Å². The van der Waals surface area contributed by atoms with Gasteiger partial charge in [0.2, 0.25) is 5.91 Å². The molecular formula is C14H22N2O2. The van der Waals surface area contributed by atoms with Crippen LogP contribution < -0.4 is 10.1 Å². The second-order valence-corrected chi connectivity index (χ2v) is 4.23. The van der Waals surface area contributed by atoms with E-state index in [1.54, 1.807) is 12.0 Å². The predicted octanol–water partition coefficient (Wildman–Crippen LogP) is 1.31. The Balaban J connectivity index is 2.46. The van der Waals surface area contributed by atoms with Gasteiger partial charge < -0.3 is 15.0 Å². The molecule has 0 aliphatic carbocycles. The van der Waals surface area contributed by atoms with Crippen LogP contribution in [-0.2, 0) is 11.2 Å². The Morgan fingerprint density at radius 1 is 1.39 bits per heavy atom. The molecule has 0 saturated carbocycles. The minimum Gasteiger partial charge on any atom is -0.496 e. The van der Waals surface area contributed by atoms with E-state index in [1.807, 2.05) is 38.4 Å². The highest BCUT2D eigenvalue weighted by atomic mass is 16.5. The number of ether oxygens (including phenoxy) is 1. The topological polar surface area (TPSA) is 41.6 Å². The van der Waals surface area contributed by atoms with Gasteiger partial charge in [0.05, 0.1) is 7.11 Å². The predicted molar refractivity (Wildman–Crippen MR) is 72.9 cm³/mol. The van der Waals surface area contributed by atoms with Crippen LogP contribution >= 0.6 is 0 Å². The minimum atomic E-state index is 0.166. The zero-order valence-corrected chi connectivity index (χ0v) is 11.4. The number of nitrogens with one attached hydrogen (secondary N) is 1. The quantitative estimate of drug-likeness (QED) is 0.793. The van der Waals surface area contributed by atoms with Gasteiger partial charge in [0.25, 0.3) is 0 Å². The molecule has 4 nitrogen and oxygen atoms in total. The van der Waals surface area contributed by atoms with Crippen molar-refractivity contribution in [3.8, 4) is 5.75 Å². The standard InChI is InChI=1S/C14H22N2O2/c1-15-10-8-14(17)16(2)11-9-12-6-4-5-7-13(12)18-3/h4-7,15H,8-11H2,1-3H3. The molecule has 0 spiro atoms. The number of rotatable bonds is 7. The van der Waals surface area contributed by atoms with Crippen LogP contribution in [0.1, 0.15) is 12.0 Å². The number of hydrogen-bond acceptors (Lipinski definition) is 3. The molecule has 0 fully saturated rings. The Morgan fingerprint density at radius 2 is 2.11 bits per heavy atom. The van der Waals surface area contributed by atoms with Crippen LogP contribution in [0.25, 0.3) is 0 Å². The first kappa shape index (κ1) is 14.5. The SMILES string of the molecule is CNCCC(=O)N(C)CCc1ccccc1OC. The van der Waals surface area contributed by atoms with E-state index in [1.165, 1.54) is 0 Å². The lowest BCUT2D eigenvalue weighted by Gasteiger charge is -2.18. The molecule has 18 heavy (non-hydrogen) atoms. The Bertz CT molecular complexity index is 380. The number of likely N-dealkylation sites (N-methyl/N-ethyl adjacent to an activating group) is 1. The Kier molecular flexibility index (Phi) is 6.22. The fourth-order valence-corrected chi connectivity index (χ4v) is 1.75. The number of methoxy groups -OCH3 is 1. The number of hydrogen-bond donors (Lipinski definition) is 1. The van der Waals surface area contributed by atoms with Crippen molar-refractivity contribution in [3.63, 3.8) is 0 Å². The van der Waals surface area contributed by atoms with Crippen LogP contribution in [0, 0.1) is 0 Å². The Hall–Kier alpha value is -1.55. The number of amides is 1. The number of carbonyl (C=O) groups is 1. The summed E-state index contributed by atoms with van der Waals surface area (Å²) in [5, 5.41) is 2.98. The van der Waals surface area contributed by atoms with Crippen molar-refractivity contribution < 1.29 is 9.53 Å². The highest BCUT2D eigenvalue weighted by molar-refractivity contribution is 5.76. The maximum absolute atomic E-state index is 11.7. The van der Waals surface area contributed by atoms with Gasteiger partial charge in [-0.05, 0) is 25.1 Å². The monoisotopic (exact) mass is 250 g/mol. The number of carbonyl (C=O) groups excluding carboxylic acids is 1. The molecule has 1 amide bonds. The minimum absolute atomic E-state index is 0.166. The van der Waals surface area contributed by atoms with Gasteiger partial charge in [-0.15, -0.1) is 0 Å². The fraction of sp³-hybridized carbons (Fsp3) is 0.500. The maximum atomic E-state index is 11.7. The van der Waals surface area contributed by atoms with Crippen LogP contribution in [0.5, 0.6) is 5.75 Å². The Labute approximate surface area is 109 Å². The van der Waals surface area contributed by atoms with Crippen molar-refractivity contribution in [1.82, 2.24) is 10.2 Å². The van der Waals surface area contributed by atoms with Crippen LogP contribution in [0.15, 0.2) is 24.3 Å². The number of benzene rings is 1. The van der Waals surface area contributed by atoms with Crippen LogP contribution in [-0.4, -0.2) is 45.1 Å². The third-order valence-electron chi connectivity index (χ3n) is 2.92. The molecule has 0 radical (unpaired) electrons. The van der Waals surface area contributed by atoms with Crippen molar-refractivity contribution in [2.24, 2.45) is 0 Å². The fourth-order valence-electron chi connectivity index (χ4n) is 1.75. The largest absolute Gasteiger partial charge is 0.496 e. The van der Waals surface area contributed by atoms with E-state index < -0.39 is 0 Å². The summed E-state index contributed by atoms with van der Waals surface area (Å²) in [6, 6.07) is 7.91.